The Bertz CT molecular complexity index is 1160. The number of carbonyl (C=O) groups is 1. The molecule has 1 aliphatic heterocycles. The number of fused-ring (bicyclic) bond motifs is 1. The minimum Gasteiger partial charge on any atom is -0.378 e. The number of rotatable bonds is 5. The van der Waals surface area contributed by atoms with Crippen molar-refractivity contribution in [1.82, 2.24) is 9.84 Å². The van der Waals surface area contributed by atoms with Gasteiger partial charge in [-0.3, -0.25) is 4.79 Å². The monoisotopic (exact) mass is 422 g/mol. The van der Waals surface area contributed by atoms with Crippen LogP contribution in [0.15, 0.2) is 83.8 Å². The summed E-state index contributed by atoms with van der Waals surface area (Å²) in [6.07, 6.45) is -0.706. The van der Waals surface area contributed by atoms with Crippen molar-refractivity contribution in [3.05, 3.63) is 90.0 Å². The van der Waals surface area contributed by atoms with E-state index in [0.29, 0.717) is 11.3 Å². The summed E-state index contributed by atoms with van der Waals surface area (Å²) in [5.74, 6) is -0.425. The Morgan fingerprint density at radius 2 is 1.53 bits per heavy atom. The zero-order chi connectivity index (χ0) is 21.3. The van der Waals surface area contributed by atoms with E-state index < -0.39 is 22.1 Å². The molecule has 0 saturated carbocycles. The van der Waals surface area contributed by atoms with Crippen LogP contribution >= 0.6 is 0 Å². The normalized spacial score (nSPS) is 16.0. The van der Waals surface area contributed by atoms with Gasteiger partial charge in [0.2, 0.25) is 0 Å². The molecular formula is C22H22N4O3S. The summed E-state index contributed by atoms with van der Waals surface area (Å²) in [6.45, 7) is 0. The fraction of sp³-hybridized carbons (Fsp3) is 0.136. The Kier molecular flexibility index (Phi) is 5.19. The second-order valence-corrected chi connectivity index (χ2v) is 8.82. The summed E-state index contributed by atoms with van der Waals surface area (Å²) >= 11 is 0. The molecule has 4 rings (SSSR count). The Hall–Kier alpha value is -3.36. The van der Waals surface area contributed by atoms with Crippen LogP contribution in [0.2, 0.25) is 0 Å². The van der Waals surface area contributed by atoms with E-state index in [1.165, 1.54) is 12.1 Å². The maximum absolute atomic E-state index is 13.2. The number of sulfonamides is 1. The minimum absolute atomic E-state index is 0.0818. The van der Waals surface area contributed by atoms with E-state index >= 15 is 0 Å². The third kappa shape index (κ3) is 3.74. The number of hydrogen-bond acceptors (Lipinski definition) is 5. The smallest absolute Gasteiger partial charge is 0.273 e. The molecular weight excluding hydrogens is 400 g/mol. The molecule has 30 heavy (non-hydrogen) atoms. The fourth-order valence-corrected chi connectivity index (χ4v) is 4.39. The lowest BCUT2D eigenvalue weighted by molar-refractivity contribution is 0.0633. The highest BCUT2D eigenvalue weighted by Crippen LogP contribution is 2.33. The molecule has 3 aromatic carbocycles. The zero-order valence-electron chi connectivity index (χ0n) is 16.6. The van der Waals surface area contributed by atoms with E-state index in [4.69, 9.17) is 0 Å². The van der Waals surface area contributed by atoms with Gasteiger partial charge in [0.05, 0.1) is 10.5 Å². The Morgan fingerprint density at radius 1 is 0.900 bits per heavy atom. The predicted octanol–water partition coefficient (Wildman–Crippen LogP) is 3.21. The lowest BCUT2D eigenvalue weighted by Crippen LogP contribution is -2.52. The van der Waals surface area contributed by atoms with Crippen LogP contribution in [0.25, 0.3) is 0 Å². The van der Waals surface area contributed by atoms with Crippen LogP contribution in [0.3, 0.4) is 0 Å². The van der Waals surface area contributed by atoms with E-state index in [1.54, 1.807) is 36.4 Å². The number of benzene rings is 3. The van der Waals surface area contributed by atoms with Crippen molar-refractivity contribution >= 4 is 27.3 Å². The summed E-state index contributed by atoms with van der Waals surface area (Å²) in [5, 5.41) is 4.42. The van der Waals surface area contributed by atoms with Gasteiger partial charge < -0.3 is 10.2 Å². The molecule has 2 N–H and O–H groups in total. The topological polar surface area (TPSA) is 81.8 Å². The summed E-state index contributed by atoms with van der Waals surface area (Å²) < 4.78 is 25.9. The largest absolute Gasteiger partial charge is 0.378 e. The van der Waals surface area contributed by atoms with Crippen LogP contribution in [-0.2, 0) is 10.0 Å². The van der Waals surface area contributed by atoms with E-state index in [0.717, 1.165) is 16.3 Å². The zero-order valence-corrected chi connectivity index (χ0v) is 17.4. The molecule has 7 nitrogen and oxygen atoms in total. The summed E-state index contributed by atoms with van der Waals surface area (Å²) in [6, 6.07) is 22.6. The lowest BCUT2D eigenvalue weighted by Gasteiger charge is -2.37. The summed E-state index contributed by atoms with van der Waals surface area (Å²) in [4.78, 5) is 17.8. The molecule has 0 fully saturated rings. The van der Waals surface area contributed by atoms with Crippen molar-refractivity contribution in [2.75, 3.05) is 24.3 Å². The molecule has 0 bridgehead atoms. The molecule has 1 heterocycles. The number of anilines is 2. The number of para-hydroxylation sites is 1. The van der Waals surface area contributed by atoms with Gasteiger partial charge in [-0.1, -0.05) is 42.5 Å². The third-order valence-electron chi connectivity index (χ3n) is 4.92. The van der Waals surface area contributed by atoms with Crippen LogP contribution < -0.4 is 15.0 Å². The van der Waals surface area contributed by atoms with Crippen LogP contribution in [0.5, 0.6) is 0 Å². The van der Waals surface area contributed by atoms with Crippen molar-refractivity contribution in [2.45, 2.75) is 11.1 Å². The van der Waals surface area contributed by atoms with Crippen molar-refractivity contribution in [2.24, 2.45) is 0 Å². The van der Waals surface area contributed by atoms with E-state index in [9.17, 15) is 13.2 Å². The second-order valence-electron chi connectivity index (χ2n) is 7.16. The third-order valence-corrected chi connectivity index (χ3v) is 6.25. The van der Waals surface area contributed by atoms with Crippen molar-refractivity contribution in [1.29, 1.82) is 0 Å². The lowest BCUT2D eigenvalue weighted by atomic mass is 10.0. The van der Waals surface area contributed by atoms with Crippen LogP contribution in [0.4, 0.5) is 11.4 Å². The van der Waals surface area contributed by atoms with E-state index in [1.807, 2.05) is 49.3 Å². The first-order valence-electron chi connectivity index (χ1n) is 9.41. The van der Waals surface area contributed by atoms with Crippen LogP contribution in [-0.4, -0.2) is 33.4 Å². The van der Waals surface area contributed by atoms with E-state index in [-0.39, 0.29) is 4.90 Å². The number of carbonyl (C=O) groups excluding carboxylic acids is 1. The Labute approximate surface area is 176 Å². The van der Waals surface area contributed by atoms with Crippen molar-refractivity contribution < 1.29 is 13.2 Å². The number of hydrazine groups is 1. The van der Waals surface area contributed by atoms with Gasteiger partial charge in [0, 0.05) is 25.5 Å². The SMILES string of the molecule is CN(C)c1ccc([C@H]2Nc3ccccc3C(=O)N2NS(=O)(=O)c2ccccc2)cc1. The molecule has 154 valence electrons. The highest BCUT2D eigenvalue weighted by atomic mass is 32.2. The first-order valence-corrected chi connectivity index (χ1v) is 10.9. The highest BCUT2D eigenvalue weighted by Gasteiger charge is 2.36. The number of nitrogens with zero attached hydrogens (tertiary/aromatic N) is 2. The molecule has 3 aromatic rings. The molecule has 1 atom stereocenters. The second kappa shape index (κ2) is 7.81. The number of hydrogen-bond donors (Lipinski definition) is 2. The quantitative estimate of drug-likeness (QED) is 0.660. The standard InChI is InChI=1S/C22H22N4O3S/c1-25(2)17-14-12-16(13-15-17)21-23-20-11-7-6-10-19(20)22(27)26(21)24-30(28,29)18-8-4-3-5-9-18/h3-15,21,23-24H,1-2H3/t21-/m0/s1. The number of amides is 1. The van der Waals surface area contributed by atoms with Gasteiger partial charge in [0.25, 0.3) is 15.9 Å². The highest BCUT2D eigenvalue weighted by molar-refractivity contribution is 7.89. The first kappa shape index (κ1) is 19.9. The van der Waals surface area contributed by atoms with Gasteiger partial charge >= 0.3 is 0 Å². The summed E-state index contributed by atoms with van der Waals surface area (Å²) in [5.41, 5.74) is 2.80. The molecule has 0 saturated heterocycles. The molecule has 1 amide bonds. The molecule has 0 aromatic heterocycles. The van der Waals surface area contributed by atoms with Crippen LogP contribution in [0, 0.1) is 0 Å². The van der Waals surface area contributed by atoms with Crippen molar-refractivity contribution in [3.8, 4) is 0 Å². The maximum atomic E-state index is 13.2. The Balaban J connectivity index is 1.75. The molecule has 0 unspecified atom stereocenters. The Morgan fingerprint density at radius 3 is 2.20 bits per heavy atom. The average molecular weight is 423 g/mol. The number of nitrogens with one attached hydrogen (secondary N) is 2. The molecule has 0 radical (unpaired) electrons. The minimum atomic E-state index is -3.95. The molecule has 8 heteroatoms. The molecule has 0 spiro atoms. The first-order chi connectivity index (χ1) is 14.4. The van der Waals surface area contributed by atoms with Gasteiger partial charge in [-0.25, -0.2) is 13.4 Å². The maximum Gasteiger partial charge on any atom is 0.273 e. The van der Waals surface area contributed by atoms with Gasteiger partial charge in [-0.2, -0.15) is 0 Å². The fourth-order valence-electron chi connectivity index (χ4n) is 3.32. The molecule has 1 aliphatic rings. The average Bonchev–Trinajstić information content (AvgIpc) is 2.76. The van der Waals surface area contributed by atoms with Crippen LogP contribution in [0.1, 0.15) is 22.1 Å². The predicted molar refractivity (Wildman–Crippen MR) is 117 cm³/mol. The molecule has 0 aliphatic carbocycles. The van der Waals surface area contributed by atoms with Gasteiger partial charge in [0.1, 0.15) is 6.17 Å². The van der Waals surface area contributed by atoms with Crippen molar-refractivity contribution in [3.63, 3.8) is 0 Å². The van der Waals surface area contributed by atoms with Gasteiger partial charge in [-0.15, -0.1) is 4.83 Å². The van der Waals surface area contributed by atoms with Gasteiger partial charge in [-0.05, 0) is 42.0 Å². The summed E-state index contributed by atoms with van der Waals surface area (Å²) in [7, 11) is -0.0742. The van der Waals surface area contributed by atoms with E-state index in [2.05, 4.69) is 10.1 Å². The van der Waals surface area contributed by atoms with Gasteiger partial charge in [0.15, 0.2) is 0 Å².